The summed E-state index contributed by atoms with van der Waals surface area (Å²) >= 11 is 0. The number of benzene rings is 3. The van der Waals surface area contributed by atoms with Gasteiger partial charge in [0.2, 0.25) is 5.91 Å². The van der Waals surface area contributed by atoms with E-state index in [2.05, 4.69) is 72.1 Å². The second-order valence-electron chi connectivity index (χ2n) is 8.30. The van der Waals surface area contributed by atoms with Crippen LogP contribution in [0.15, 0.2) is 84.9 Å². The van der Waals surface area contributed by atoms with Crippen molar-refractivity contribution in [2.45, 2.75) is 19.0 Å². The molecule has 3 aromatic rings. The molecular formula is C29H30N2O2. The number of rotatable bonds is 8. The standard InChI is InChI=1S/C29H30N2O2/c1-31(28(21-32)29(33)30-20-22-10-3-2-4-11-22)19-9-16-27-25-14-7-5-12-23(25)17-18-24-13-6-8-15-26(24)27/h2-8,10-18,28,32H,9,19-21H2,1H3,(H,30,33). The molecule has 3 aromatic carbocycles. The number of hydrogen-bond acceptors (Lipinski definition) is 3. The van der Waals surface area contributed by atoms with Crippen molar-refractivity contribution in [3.63, 3.8) is 0 Å². The SMILES string of the molecule is CN(CCC=C1c2ccccc2C=Cc2ccccc21)C(CO)C(=O)NCc1ccccc1. The van der Waals surface area contributed by atoms with E-state index in [1.165, 1.54) is 27.8 Å². The highest BCUT2D eigenvalue weighted by Gasteiger charge is 2.22. The van der Waals surface area contributed by atoms with Crippen molar-refractivity contribution < 1.29 is 9.90 Å². The lowest BCUT2D eigenvalue weighted by Gasteiger charge is -2.25. The van der Waals surface area contributed by atoms with Crippen molar-refractivity contribution in [2.75, 3.05) is 20.2 Å². The molecule has 1 aliphatic rings. The molecule has 0 aliphatic heterocycles. The summed E-state index contributed by atoms with van der Waals surface area (Å²) in [7, 11) is 1.89. The lowest BCUT2D eigenvalue weighted by atomic mass is 9.93. The van der Waals surface area contributed by atoms with Gasteiger partial charge in [-0.1, -0.05) is 97.1 Å². The summed E-state index contributed by atoms with van der Waals surface area (Å²) in [6, 6.07) is 26.1. The number of carbonyl (C=O) groups is 1. The summed E-state index contributed by atoms with van der Waals surface area (Å²) in [5.74, 6) is -0.161. The van der Waals surface area contributed by atoms with Crippen LogP contribution in [0.3, 0.4) is 0 Å². The van der Waals surface area contributed by atoms with Crippen LogP contribution in [0, 0.1) is 0 Å². The summed E-state index contributed by atoms with van der Waals surface area (Å²) in [6.07, 6.45) is 7.34. The fourth-order valence-electron chi connectivity index (χ4n) is 4.21. The molecule has 0 saturated heterocycles. The zero-order valence-corrected chi connectivity index (χ0v) is 18.9. The van der Waals surface area contributed by atoms with Crippen molar-refractivity contribution in [1.82, 2.24) is 10.2 Å². The molecule has 4 nitrogen and oxygen atoms in total. The van der Waals surface area contributed by atoms with E-state index in [1.807, 2.05) is 42.3 Å². The molecule has 2 N–H and O–H groups in total. The Morgan fingerprint density at radius 2 is 1.48 bits per heavy atom. The molecular weight excluding hydrogens is 408 g/mol. The Kier molecular flexibility index (Phi) is 7.51. The molecule has 0 fully saturated rings. The van der Waals surface area contributed by atoms with E-state index in [1.54, 1.807) is 0 Å². The lowest BCUT2D eigenvalue weighted by molar-refractivity contribution is -0.127. The maximum Gasteiger partial charge on any atom is 0.239 e. The molecule has 0 aromatic heterocycles. The van der Waals surface area contributed by atoms with Crippen LogP contribution in [-0.4, -0.2) is 42.2 Å². The van der Waals surface area contributed by atoms with Crippen LogP contribution in [0.4, 0.5) is 0 Å². The molecule has 1 amide bonds. The minimum atomic E-state index is -0.581. The number of fused-ring (bicyclic) bond motifs is 2. The molecule has 33 heavy (non-hydrogen) atoms. The largest absolute Gasteiger partial charge is 0.394 e. The summed E-state index contributed by atoms with van der Waals surface area (Å²) in [5.41, 5.74) is 7.05. The van der Waals surface area contributed by atoms with Crippen molar-refractivity contribution in [3.8, 4) is 0 Å². The Labute approximate surface area is 195 Å². The Balaban J connectivity index is 1.45. The zero-order chi connectivity index (χ0) is 23.0. The van der Waals surface area contributed by atoms with E-state index in [-0.39, 0.29) is 12.5 Å². The number of nitrogens with zero attached hydrogens (tertiary/aromatic N) is 1. The minimum absolute atomic E-state index is 0.161. The third kappa shape index (κ3) is 5.48. The topological polar surface area (TPSA) is 52.6 Å². The van der Waals surface area contributed by atoms with Crippen molar-refractivity contribution >= 4 is 23.6 Å². The van der Waals surface area contributed by atoms with E-state index in [0.717, 1.165) is 12.0 Å². The van der Waals surface area contributed by atoms with E-state index >= 15 is 0 Å². The number of carbonyl (C=O) groups excluding carboxylic acids is 1. The molecule has 0 spiro atoms. The fourth-order valence-corrected chi connectivity index (χ4v) is 4.21. The predicted octanol–water partition coefficient (Wildman–Crippen LogP) is 4.60. The Morgan fingerprint density at radius 3 is 2.09 bits per heavy atom. The van der Waals surface area contributed by atoms with Crippen LogP contribution in [0.2, 0.25) is 0 Å². The van der Waals surface area contributed by atoms with Gasteiger partial charge in [0.1, 0.15) is 6.04 Å². The van der Waals surface area contributed by atoms with Crippen LogP contribution in [0.25, 0.3) is 17.7 Å². The van der Waals surface area contributed by atoms with Gasteiger partial charge in [0.25, 0.3) is 0 Å². The van der Waals surface area contributed by atoms with Crippen molar-refractivity contribution in [3.05, 3.63) is 113 Å². The molecule has 0 radical (unpaired) electrons. The highest BCUT2D eigenvalue weighted by molar-refractivity contribution is 5.93. The normalized spacial score (nSPS) is 13.1. The van der Waals surface area contributed by atoms with E-state index in [0.29, 0.717) is 13.1 Å². The van der Waals surface area contributed by atoms with Crippen LogP contribution in [0.5, 0.6) is 0 Å². The van der Waals surface area contributed by atoms with Gasteiger partial charge in [-0.25, -0.2) is 0 Å². The highest BCUT2D eigenvalue weighted by atomic mass is 16.3. The maximum atomic E-state index is 12.7. The molecule has 0 bridgehead atoms. The number of aliphatic hydroxyl groups is 1. The smallest absolute Gasteiger partial charge is 0.239 e. The van der Waals surface area contributed by atoms with Gasteiger partial charge in [0.15, 0.2) is 0 Å². The summed E-state index contributed by atoms with van der Waals surface area (Å²) in [6.45, 7) is 0.892. The average molecular weight is 439 g/mol. The number of hydrogen-bond donors (Lipinski definition) is 2. The second-order valence-corrected chi connectivity index (χ2v) is 8.30. The van der Waals surface area contributed by atoms with E-state index in [9.17, 15) is 9.90 Å². The summed E-state index contributed by atoms with van der Waals surface area (Å²) in [4.78, 5) is 14.6. The third-order valence-corrected chi connectivity index (χ3v) is 6.09. The lowest BCUT2D eigenvalue weighted by Crippen LogP contribution is -2.47. The molecule has 4 heteroatoms. The van der Waals surface area contributed by atoms with Gasteiger partial charge >= 0.3 is 0 Å². The molecule has 1 aliphatic carbocycles. The average Bonchev–Trinajstić information content (AvgIpc) is 3.01. The first-order valence-corrected chi connectivity index (χ1v) is 11.4. The van der Waals surface area contributed by atoms with Crippen molar-refractivity contribution in [2.24, 2.45) is 0 Å². The molecule has 1 unspecified atom stereocenters. The zero-order valence-electron chi connectivity index (χ0n) is 18.9. The monoisotopic (exact) mass is 438 g/mol. The predicted molar refractivity (Wildman–Crippen MR) is 135 cm³/mol. The number of nitrogens with one attached hydrogen (secondary N) is 1. The van der Waals surface area contributed by atoms with Gasteiger partial charge in [0.05, 0.1) is 6.61 Å². The molecule has 4 rings (SSSR count). The van der Waals surface area contributed by atoms with Gasteiger partial charge in [-0.2, -0.15) is 0 Å². The Hall–Kier alpha value is -3.47. The first-order chi connectivity index (χ1) is 16.2. The third-order valence-electron chi connectivity index (χ3n) is 6.09. The quantitative estimate of drug-likeness (QED) is 0.423. The summed E-state index contributed by atoms with van der Waals surface area (Å²) in [5, 5.41) is 12.8. The Bertz CT molecular complexity index is 1100. The van der Waals surface area contributed by atoms with Gasteiger partial charge < -0.3 is 10.4 Å². The fraction of sp³-hybridized carbons (Fsp3) is 0.207. The number of amides is 1. The van der Waals surface area contributed by atoms with E-state index < -0.39 is 6.04 Å². The molecule has 168 valence electrons. The van der Waals surface area contributed by atoms with E-state index in [4.69, 9.17) is 0 Å². The summed E-state index contributed by atoms with van der Waals surface area (Å²) < 4.78 is 0. The van der Waals surface area contributed by atoms with Crippen LogP contribution in [0.1, 0.15) is 34.2 Å². The van der Waals surface area contributed by atoms with Crippen molar-refractivity contribution in [1.29, 1.82) is 0 Å². The van der Waals surface area contributed by atoms with Gasteiger partial charge in [0, 0.05) is 13.1 Å². The van der Waals surface area contributed by atoms with Crippen LogP contribution < -0.4 is 5.32 Å². The Morgan fingerprint density at radius 1 is 0.909 bits per heavy atom. The van der Waals surface area contributed by atoms with Gasteiger partial charge in [-0.05, 0) is 46.9 Å². The van der Waals surface area contributed by atoms with Crippen LogP contribution in [-0.2, 0) is 11.3 Å². The number of aliphatic hydroxyl groups excluding tert-OH is 1. The number of likely N-dealkylation sites (N-methyl/N-ethyl adjacent to an activating group) is 1. The first-order valence-electron chi connectivity index (χ1n) is 11.4. The molecule has 1 atom stereocenters. The minimum Gasteiger partial charge on any atom is -0.394 e. The van der Waals surface area contributed by atoms with Gasteiger partial charge in [-0.15, -0.1) is 0 Å². The molecule has 0 heterocycles. The van der Waals surface area contributed by atoms with Gasteiger partial charge in [-0.3, -0.25) is 9.69 Å². The molecule has 0 saturated carbocycles. The first kappa shape index (κ1) is 22.7. The van der Waals surface area contributed by atoms with Crippen LogP contribution >= 0.6 is 0 Å². The second kappa shape index (κ2) is 10.9. The highest BCUT2D eigenvalue weighted by Crippen LogP contribution is 2.33. The maximum absolute atomic E-state index is 12.7.